The van der Waals surface area contributed by atoms with Gasteiger partial charge in [-0.1, -0.05) is 27.7 Å². The standard InChI is InChI=1S/C18H37N2O6P/c1-11(2)13(15(21)25-17(5,6)7)19-27(23,24)20-14(12(3)4)16(22)26-18(8,9)10/h11-14H,1-10H3,(H3,19,20,23,24)/t13-,14-/m0/s1. The summed E-state index contributed by atoms with van der Waals surface area (Å²) in [7, 11) is -4.25. The molecule has 0 unspecified atom stereocenters. The van der Waals surface area contributed by atoms with Crippen LogP contribution >= 0.6 is 7.67 Å². The number of hydrogen-bond acceptors (Lipinski definition) is 5. The van der Waals surface area contributed by atoms with Gasteiger partial charge in [0.1, 0.15) is 23.3 Å². The quantitative estimate of drug-likeness (QED) is 0.415. The maximum absolute atomic E-state index is 12.7. The number of nitrogens with one attached hydrogen (secondary N) is 2. The van der Waals surface area contributed by atoms with Crippen molar-refractivity contribution in [2.24, 2.45) is 11.8 Å². The molecule has 0 spiro atoms. The highest BCUT2D eigenvalue weighted by Gasteiger charge is 2.38. The molecule has 160 valence electrons. The zero-order valence-electron chi connectivity index (χ0n) is 18.2. The van der Waals surface area contributed by atoms with Crippen molar-refractivity contribution in [1.29, 1.82) is 0 Å². The zero-order valence-corrected chi connectivity index (χ0v) is 19.1. The molecule has 0 amide bonds. The maximum Gasteiger partial charge on any atom is 0.339 e. The van der Waals surface area contributed by atoms with E-state index in [0.717, 1.165) is 0 Å². The maximum atomic E-state index is 12.7. The van der Waals surface area contributed by atoms with Gasteiger partial charge in [-0.3, -0.25) is 14.2 Å². The third kappa shape index (κ3) is 10.8. The lowest BCUT2D eigenvalue weighted by Gasteiger charge is -2.31. The van der Waals surface area contributed by atoms with E-state index in [4.69, 9.17) is 9.47 Å². The van der Waals surface area contributed by atoms with Crippen molar-refractivity contribution in [1.82, 2.24) is 10.2 Å². The van der Waals surface area contributed by atoms with Crippen LogP contribution < -0.4 is 10.2 Å². The van der Waals surface area contributed by atoms with Gasteiger partial charge in [0.15, 0.2) is 0 Å². The van der Waals surface area contributed by atoms with Gasteiger partial charge in [0.05, 0.1) is 0 Å². The fourth-order valence-electron chi connectivity index (χ4n) is 2.09. The normalized spacial score (nSPS) is 15.6. The monoisotopic (exact) mass is 408 g/mol. The summed E-state index contributed by atoms with van der Waals surface area (Å²) in [5, 5.41) is 4.87. The fourth-order valence-corrected chi connectivity index (χ4v) is 3.73. The van der Waals surface area contributed by atoms with E-state index in [-0.39, 0.29) is 11.8 Å². The van der Waals surface area contributed by atoms with Crippen LogP contribution in [0.15, 0.2) is 0 Å². The molecule has 0 radical (unpaired) electrons. The van der Waals surface area contributed by atoms with Gasteiger partial charge in [0.25, 0.3) is 0 Å². The van der Waals surface area contributed by atoms with Crippen LogP contribution in [0.3, 0.4) is 0 Å². The number of rotatable bonds is 8. The lowest BCUT2D eigenvalue weighted by atomic mass is 10.1. The predicted molar refractivity (Wildman–Crippen MR) is 105 cm³/mol. The average molecular weight is 408 g/mol. The molecular formula is C18H37N2O6P. The molecule has 0 aliphatic rings. The van der Waals surface area contributed by atoms with Crippen LogP contribution in [0, 0.1) is 11.8 Å². The van der Waals surface area contributed by atoms with Crippen molar-refractivity contribution in [3.8, 4) is 0 Å². The molecule has 0 fully saturated rings. The second-order valence-electron chi connectivity index (χ2n) is 9.34. The Bertz CT molecular complexity index is 517. The van der Waals surface area contributed by atoms with Crippen molar-refractivity contribution >= 4 is 19.6 Å². The van der Waals surface area contributed by atoms with Crippen molar-refractivity contribution < 1.29 is 28.5 Å². The van der Waals surface area contributed by atoms with Gasteiger partial charge in [-0.25, -0.2) is 10.2 Å². The Hall–Kier alpha value is -0.950. The van der Waals surface area contributed by atoms with Crippen LogP contribution in [0.5, 0.6) is 0 Å². The van der Waals surface area contributed by atoms with Crippen LogP contribution in [-0.2, 0) is 23.6 Å². The van der Waals surface area contributed by atoms with Crippen molar-refractivity contribution in [3.05, 3.63) is 0 Å². The smallest absolute Gasteiger partial charge is 0.339 e. The molecule has 3 N–H and O–H groups in total. The molecule has 8 nitrogen and oxygen atoms in total. The lowest BCUT2D eigenvalue weighted by Crippen LogP contribution is -2.49. The molecule has 0 rings (SSSR count). The average Bonchev–Trinajstić information content (AvgIpc) is 2.37. The first-order valence-electron chi connectivity index (χ1n) is 9.19. The minimum absolute atomic E-state index is 0.304. The minimum Gasteiger partial charge on any atom is -0.459 e. The van der Waals surface area contributed by atoms with E-state index < -0.39 is 42.9 Å². The van der Waals surface area contributed by atoms with Crippen molar-refractivity contribution in [3.63, 3.8) is 0 Å². The number of ether oxygens (including phenoxy) is 2. The van der Waals surface area contributed by atoms with E-state index in [2.05, 4.69) is 10.2 Å². The van der Waals surface area contributed by atoms with Gasteiger partial charge in [-0.15, -0.1) is 0 Å². The summed E-state index contributed by atoms with van der Waals surface area (Å²) in [6.07, 6.45) is 0. The number of carbonyl (C=O) groups excluding carboxylic acids is 2. The van der Waals surface area contributed by atoms with Gasteiger partial charge in [0, 0.05) is 0 Å². The van der Waals surface area contributed by atoms with E-state index in [1.54, 1.807) is 69.2 Å². The number of carbonyl (C=O) groups is 2. The molecule has 0 aromatic rings. The van der Waals surface area contributed by atoms with Crippen LogP contribution in [-0.4, -0.2) is 40.1 Å². The first-order chi connectivity index (χ1) is 11.8. The summed E-state index contributed by atoms with van der Waals surface area (Å²) in [6.45, 7) is 17.2. The zero-order chi connectivity index (χ0) is 21.8. The Kier molecular flexibility index (Phi) is 9.17. The highest BCUT2D eigenvalue weighted by molar-refractivity contribution is 7.53. The third-order valence-corrected chi connectivity index (χ3v) is 4.54. The minimum atomic E-state index is -4.25. The number of esters is 2. The molecule has 0 heterocycles. The third-order valence-electron chi connectivity index (χ3n) is 3.28. The van der Waals surface area contributed by atoms with Gasteiger partial charge >= 0.3 is 19.6 Å². The first kappa shape index (κ1) is 26.1. The predicted octanol–water partition coefficient (Wildman–Crippen LogP) is 3.00. The molecule has 0 aromatic heterocycles. The van der Waals surface area contributed by atoms with Gasteiger partial charge < -0.3 is 14.4 Å². The molecule has 27 heavy (non-hydrogen) atoms. The van der Waals surface area contributed by atoms with Crippen LogP contribution in [0.2, 0.25) is 0 Å². The molecule has 9 heteroatoms. The Morgan fingerprint density at radius 3 is 1.22 bits per heavy atom. The molecule has 0 saturated carbocycles. The van der Waals surface area contributed by atoms with E-state index in [1.165, 1.54) is 0 Å². The summed E-state index contributed by atoms with van der Waals surface area (Å²) in [6, 6.07) is -2.03. The Labute approximate surface area is 163 Å². The largest absolute Gasteiger partial charge is 0.459 e. The summed E-state index contributed by atoms with van der Waals surface area (Å²) in [5.41, 5.74) is -1.45. The number of hydrogen-bond donors (Lipinski definition) is 3. The summed E-state index contributed by atoms with van der Waals surface area (Å²) in [4.78, 5) is 35.1. The van der Waals surface area contributed by atoms with Gasteiger partial charge in [-0.2, -0.15) is 0 Å². The van der Waals surface area contributed by atoms with E-state index in [0.29, 0.717) is 0 Å². The summed E-state index contributed by atoms with van der Waals surface area (Å²) >= 11 is 0. The second-order valence-corrected chi connectivity index (χ2v) is 11.0. The Morgan fingerprint density at radius 1 is 0.778 bits per heavy atom. The van der Waals surface area contributed by atoms with E-state index >= 15 is 0 Å². The molecule has 0 aliphatic heterocycles. The van der Waals surface area contributed by atoms with Crippen LogP contribution in [0.25, 0.3) is 0 Å². The van der Waals surface area contributed by atoms with Gasteiger partial charge in [0.2, 0.25) is 0 Å². The van der Waals surface area contributed by atoms with Crippen LogP contribution in [0.1, 0.15) is 69.2 Å². The summed E-state index contributed by atoms with van der Waals surface area (Å²) < 4.78 is 23.3. The highest BCUT2D eigenvalue weighted by atomic mass is 31.2. The molecule has 2 atom stereocenters. The molecule has 0 aliphatic carbocycles. The highest BCUT2D eigenvalue weighted by Crippen LogP contribution is 2.34. The summed E-state index contributed by atoms with van der Waals surface area (Å²) in [5.74, 6) is -1.87. The van der Waals surface area contributed by atoms with Crippen LogP contribution in [0.4, 0.5) is 0 Å². The lowest BCUT2D eigenvalue weighted by molar-refractivity contribution is -0.158. The fraction of sp³-hybridized carbons (Fsp3) is 0.889. The topological polar surface area (TPSA) is 114 Å². The molecule has 0 saturated heterocycles. The van der Waals surface area contributed by atoms with Crippen molar-refractivity contribution in [2.45, 2.75) is 92.5 Å². The van der Waals surface area contributed by atoms with E-state index in [1.807, 2.05) is 0 Å². The SMILES string of the molecule is CC(C)[C@H](NP(=O)(O)N[C@H](C(=O)OC(C)(C)C)C(C)C)C(=O)OC(C)(C)C. The Morgan fingerprint density at radius 2 is 1.04 bits per heavy atom. The first-order valence-corrected chi connectivity index (χ1v) is 10.8. The van der Waals surface area contributed by atoms with Gasteiger partial charge in [-0.05, 0) is 53.4 Å². The molecular weight excluding hydrogens is 371 g/mol. The molecule has 0 bridgehead atoms. The second kappa shape index (κ2) is 9.50. The van der Waals surface area contributed by atoms with E-state index in [9.17, 15) is 19.0 Å². The Balaban J connectivity index is 5.35. The molecule has 0 aromatic carbocycles. The van der Waals surface area contributed by atoms with Crippen molar-refractivity contribution in [2.75, 3.05) is 0 Å².